The molecule has 0 spiro atoms. The number of ether oxygens (including phenoxy) is 1. The molecule has 1 unspecified atom stereocenters. The maximum atomic E-state index is 13.2. The van der Waals surface area contributed by atoms with Crippen molar-refractivity contribution in [1.29, 1.82) is 0 Å². The summed E-state index contributed by atoms with van der Waals surface area (Å²) in [6.45, 7) is 8.56. The van der Waals surface area contributed by atoms with Gasteiger partial charge in [-0.05, 0) is 44.9 Å². The van der Waals surface area contributed by atoms with Crippen molar-refractivity contribution in [2.45, 2.75) is 44.9 Å². The molecule has 4 nitrogen and oxygen atoms in total. The first-order valence-electron chi connectivity index (χ1n) is 6.86. The number of aliphatic hydroxyl groups excluding tert-OH is 1. The molecule has 1 amide bonds. The van der Waals surface area contributed by atoms with Gasteiger partial charge in [-0.15, -0.1) is 6.58 Å². The lowest BCUT2D eigenvalue weighted by atomic mass is 10.0. The summed E-state index contributed by atoms with van der Waals surface area (Å²) in [5, 5.41) is 12.4. The number of amides is 1. The lowest BCUT2D eigenvalue weighted by Gasteiger charge is -2.25. The van der Waals surface area contributed by atoms with E-state index in [2.05, 4.69) is 11.9 Å². The first kappa shape index (κ1) is 18.1. The van der Waals surface area contributed by atoms with E-state index >= 15 is 0 Å². The van der Waals surface area contributed by atoms with Crippen LogP contribution < -0.4 is 5.32 Å². The van der Waals surface area contributed by atoms with Gasteiger partial charge in [0.1, 0.15) is 17.2 Å². The largest absolute Gasteiger partial charge is 0.444 e. The molecule has 0 saturated heterocycles. The van der Waals surface area contributed by atoms with Crippen LogP contribution in [0.3, 0.4) is 0 Å². The van der Waals surface area contributed by atoms with Crippen LogP contribution in [0.15, 0.2) is 30.9 Å². The number of halogens is 2. The number of hydrogen-bond acceptors (Lipinski definition) is 3. The Balaban J connectivity index is 2.85. The first-order chi connectivity index (χ1) is 10.1. The number of aliphatic hydroxyl groups is 1. The van der Waals surface area contributed by atoms with Crippen LogP contribution in [0.25, 0.3) is 0 Å². The van der Waals surface area contributed by atoms with Crippen molar-refractivity contribution in [3.8, 4) is 0 Å². The summed E-state index contributed by atoms with van der Waals surface area (Å²) in [6, 6.07) is 2.23. The van der Waals surface area contributed by atoms with Gasteiger partial charge in [0, 0.05) is 6.07 Å². The van der Waals surface area contributed by atoms with Crippen LogP contribution in [0.4, 0.5) is 13.6 Å². The number of alkyl carbamates (subject to hydrolysis) is 1. The van der Waals surface area contributed by atoms with Crippen LogP contribution in [-0.4, -0.2) is 28.9 Å². The summed E-state index contributed by atoms with van der Waals surface area (Å²) in [7, 11) is 0. The minimum Gasteiger partial charge on any atom is -0.444 e. The van der Waals surface area contributed by atoms with Gasteiger partial charge in [-0.25, -0.2) is 13.6 Å². The number of carbonyl (C=O) groups excluding carboxylic acids is 1. The molecule has 1 aromatic rings. The Labute approximate surface area is 128 Å². The zero-order valence-corrected chi connectivity index (χ0v) is 12.9. The molecular formula is C16H21F2NO3. The lowest BCUT2D eigenvalue weighted by molar-refractivity contribution is 0.0455. The quantitative estimate of drug-likeness (QED) is 0.822. The Morgan fingerprint density at radius 3 is 2.36 bits per heavy atom. The van der Waals surface area contributed by atoms with Crippen LogP contribution in [0.1, 0.15) is 26.3 Å². The average Bonchev–Trinajstić information content (AvgIpc) is 2.33. The van der Waals surface area contributed by atoms with Crippen LogP contribution in [0.5, 0.6) is 0 Å². The van der Waals surface area contributed by atoms with E-state index in [1.54, 1.807) is 20.8 Å². The zero-order valence-electron chi connectivity index (χ0n) is 12.9. The van der Waals surface area contributed by atoms with Crippen molar-refractivity contribution in [3.05, 3.63) is 48.1 Å². The molecule has 0 aliphatic heterocycles. The maximum absolute atomic E-state index is 13.2. The molecule has 6 heteroatoms. The predicted octanol–water partition coefficient (Wildman–Crippen LogP) is 2.95. The molecule has 2 atom stereocenters. The van der Waals surface area contributed by atoms with E-state index < -0.39 is 35.5 Å². The number of carbonyl (C=O) groups is 1. The van der Waals surface area contributed by atoms with Crippen LogP contribution in [0, 0.1) is 11.6 Å². The van der Waals surface area contributed by atoms with Crippen molar-refractivity contribution < 1.29 is 23.4 Å². The van der Waals surface area contributed by atoms with E-state index in [0.29, 0.717) is 5.56 Å². The molecule has 0 saturated carbocycles. The predicted molar refractivity (Wildman–Crippen MR) is 79.4 cm³/mol. The number of hydrogen-bond donors (Lipinski definition) is 2. The van der Waals surface area contributed by atoms with Crippen molar-refractivity contribution in [2.75, 3.05) is 0 Å². The van der Waals surface area contributed by atoms with E-state index in [4.69, 9.17) is 4.74 Å². The van der Waals surface area contributed by atoms with Gasteiger partial charge in [-0.1, -0.05) is 6.08 Å². The molecule has 1 rings (SSSR count). The fourth-order valence-electron chi connectivity index (χ4n) is 1.86. The summed E-state index contributed by atoms with van der Waals surface area (Å²) >= 11 is 0. The average molecular weight is 313 g/mol. The van der Waals surface area contributed by atoms with Crippen LogP contribution >= 0.6 is 0 Å². The number of rotatable bonds is 5. The highest BCUT2D eigenvalue weighted by molar-refractivity contribution is 5.68. The second-order valence-electron chi connectivity index (χ2n) is 5.96. The summed E-state index contributed by atoms with van der Waals surface area (Å²) in [4.78, 5) is 11.8. The molecule has 22 heavy (non-hydrogen) atoms. The van der Waals surface area contributed by atoms with E-state index in [-0.39, 0.29) is 6.42 Å². The Morgan fingerprint density at radius 1 is 1.36 bits per heavy atom. The molecule has 0 fully saturated rings. The molecular weight excluding hydrogens is 292 g/mol. The highest BCUT2D eigenvalue weighted by atomic mass is 19.1. The van der Waals surface area contributed by atoms with E-state index in [1.165, 1.54) is 6.08 Å². The molecule has 2 N–H and O–H groups in total. The topological polar surface area (TPSA) is 58.6 Å². The van der Waals surface area contributed by atoms with Gasteiger partial charge in [0.2, 0.25) is 0 Å². The normalized spacial score (nSPS) is 14.1. The standard InChI is InChI=1S/C16H21F2NO3/c1-5-14(20)13(19-15(21)22-16(2,3)4)8-10-6-11(17)9-12(18)7-10/h5-7,9,13-14,20H,1,8H2,2-4H3,(H,19,21)/t13-,14?/m0/s1. The summed E-state index contributed by atoms with van der Waals surface area (Å²) < 4.78 is 31.5. The molecule has 1 aromatic carbocycles. The molecule has 122 valence electrons. The van der Waals surface area contributed by atoms with Gasteiger partial charge in [-0.3, -0.25) is 0 Å². The fraction of sp³-hybridized carbons (Fsp3) is 0.438. The molecule has 0 bridgehead atoms. The third kappa shape index (κ3) is 6.22. The monoisotopic (exact) mass is 313 g/mol. The van der Waals surface area contributed by atoms with Crippen molar-refractivity contribution in [1.82, 2.24) is 5.32 Å². The Morgan fingerprint density at radius 2 is 1.91 bits per heavy atom. The van der Waals surface area contributed by atoms with E-state index in [1.807, 2.05) is 0 Å². The van der Waals surface area contributed by atoms with Gasteiger partial charge in [0.25, 0.3) is 0 Å². The molecule has 0 radical (unpaired) electrons. The molecule has 0 aliphatic rings. The molecule has 0 heterocycles. The summed E-state index contributed by atoms with van der Waals surface area (Å²) in [5.41, 5.74) is -0.391. The minimum absolute atomic E-state index is 0.0289. The molecule has 0 aliphatic carbocycles. The Kier molecular flexibility index (Phi) is 6.05. The van der Waals surface area contributed by atoms with Crippen molar-refractivity contribution in [2.24, 2.45) is 0 Å². The smallest absolute Gasteiger partial charge is 0.407 e. The highest BCUT2D eigenvalue weighted by Crippen LogP contribution is 2.13. The summed E-state index contributed by atoms with van der Waals surface area (Å²) in [6.07, 6.45) is -0.548. The lowest BCUT2D eigenvalue weighted by Crippen LogP contribution is -2.46. The maximum Gasteiger partial charge on any atom is 0.407 e. The van der Waals surface area contributed by atoms with E-state index in [9.17, 15) is 18.7 Å². The Bertz CT molecular complexity index is 520. The fourth-order valence-corrected chi connectivity index (χ4v) is 1.86. The summed E-state index contributed by atoms with van der Waals surface area (Å²) in [5.74, 6) is -1.45. The van der Waals surface area contributed by atoms with Crippen molar-refractivity contribution >= 4 is 6.09 Å². The van der Waals surface area contributed by atoms with Gasteiger partial charge >= 0.3 is 6.09 Å². The number of benzene rings is 1. The van der Waals surface area contributed by atoms with Gasteiger partial charge < -0.3 is 15.2 Å². The molecule has 0 aromatic heterocycles. The van der Waals surface area contributed by atoms with Gasteiger partial charge in [0.05, 0.1) is 12.1 Å². The van der Waals surface area contributed by atoms with Gasteiger partial charge in [-0.2, -0.15) is 0 Å². The zero-order chi connectivity index (χ0) is 16.9. The number of nitrogens with one attached hydrogen (secondary N) is 1. The van der Waals surface area contributed by atoms with Crippen LogP contribution in [0.2, 0.25) is 0 Å². The minimum atomic E-state index is -1.08. The third-order valence-corrected chi connectivity index (χ3v) is 2.73. The van der Waals surface area contributed by atoms with Crippen LogP contribution in [-0.2, 0) is 11.2 Å². The van der Waals surface area contributed by atoms with Crippen molar-refractivity contribution in [3.63, 3.8) is 0 Å². The third-order valence-electron chi connectivity index (χ3n) is 2.73. The second kappa shape index (κ2) is 7.35. The first-order valence-corrected chi connectivity index (χ1v) is 6.86. The second-order valence-corrected chi connectivity index (χ2v) is 5.96. The SMILES string of the molecule is C=CC(O)[C@H](Cc1cc(F)cc(F)c1)NC(=O)OC(C)(C)C. The Hall–Kier alpha value is -1.95. The highest BCUT2D eigenvalue weighted by Gasteiger charge is 2.23. The van der Waals surface area contributed by atoms with Gasteiger partial charge in [0.15, 0.2) is 0 Å². The van der Waals surface area contributed by atoms with E-state index in [0.717, 1.165) is 18.2 Å².